The Kier molecular flexibility index (Phi) is 12.5. The number of ether oxygens (including phenoxy) is 2. The van der Waals surface area contributed by atoms with Crippen molar-refractivity contribution in [2.24, 2.45) is 0 Å². The maximum absolute atomic E-state index is 12.7. The fourth-order valence-corrected chi connectivity index (χ4v) is 7.89. The highest BCUT2D eigenvalue weighted by Gasteiger charge is 2.28. The van der Waals surface area contributed by atoms with Gasteiger partial charge in [-0.3, -0.25) is 19.8 Å². The van der Waals surface area contributed by atoms with E-state index in [-0.39, 0.29) is 18.3 Å². The number of pyridine rings is 2. The first-order valence-corrected chi connectivity index (χ1v) is 19.1. The first-order chi connectivity index (χ1) is 24.9. The highest BCUT2D eigenvalue weighted by atomic mass is 32.2. The molecule has 1 aliphatic carbocycles. The van der Waals surface area contributed by atoms with Gasteiger partial charge in [-0.1, -0.05) is 72.8 Å². The highest BCUT2D eigenvalue weighted by Crippen LogP contribution is 2.34. The summed E-state index contributed by atoms with van der Waals surface area (Å²) in [6.45, 7) is 4.04. The molecule has 0 radical (unpaired) electrons. The molecular formula is C41H47N5O4S. The molecule has 0 amide bonds. The average Bonchev–Trinajstić information content (AvgIpc) is 3.16. The van der Waals surface area contributed by atoms with Crippen molar-refractivity contribution >= 4 is 10.0 Å². The zero-order valence-corrected chi connectivity index (χ0v) is 30.3. The predicted molar refractivity (Wildman–Crippen MR) is 201 cm³/mol. The van der Waals surface area contributed by atoms with Crippen LogP contribution in [0.4, 0.5) is 0 Å². The number of methoxy groups -OCH3 is 2. The molecule has 0 aliphatic heterocycles. The highest BCUT2D eigenvalue weighted by molar-refractivity contribution is 7.88. The molecule has 2 aromatic heterocycles. The third-order valence-electron chi connectivity index (χ3n) is 9.45. The van der Waals surface area contributed by atoms with Crippen LogP contribution in [-0.4, -0.2) is 55.5 Å². The number of hydrogen-bond donors (Lipinski definition) is 1. The van der Waals surface area contributed by atoms with Crippen LogP contribution < -0.4 is 14.2 Å². The van der Waals surface area contributed by atoms with Crippen LogP contribution in [0.3, 0.4) is 0 Å². The van der Waals surface area contributed by atoms with Crippen molar-refractivity contribution in [2.45, 2.75) is 57.2 Å². The lowest BCUT2D eigenvalue weighted by Gasteiger charge is -2.36. The predicted octanol–water partition coefficient (Wildman–Crippen LogP) is 6.70. The molecule has 9 nitrogen and oxygen atoms in total. The molecule has 266 valence electrons. The normalized spacial score (nSPS) is 14.4. The minimum absolute atomic E-state index is 0.150. The van der Waals surface area contributed by atoms with E-state index >= 15 is 0 Å². The van der Waals surface area contributed by atoms with Crippen molar-refractivity contribution in [1.29, 1.82) is 0 Å². The molecule has 0 saturated heterocycles. The number of benzene rings is 3. The van der Waals surface area contributed by atoms with Gasteiger partial charge in [-0.05, 0) is 66.3 Å². The summed E-state index contributed by atoms with van der Waals surface area (Å²) >= 11 is 0. The van der Waals surface area contributed by atoms with Gasteiger partial charge in [-0.2, -0.15) is 0 Å². The van der Waals surface area contributed by atoms with Crippen molar-refractivity contribution in [3.05, 3.63) is 155 Å². The maximum Gasteiger partial charge on any atom is 0.217 e. The molecule has 1 aliphatic rings. The molecule has 0 spiro atoms. The number of aromatic nitrogens is 2. The van der Waals surface area contributed by atoms with E-state index in [4.69, 9.17) is 14.5 Å². The van der Waals surface area contributed by atoms with Gasteiger partial charge in [0.15, 0.2) is 0 Å². The second-order valence-corrected chi connectivity index (χ2v) is 14.8. The van der Waals surface area contributed by atoms with Gasteiger partial charge in [0.05, 0.1) is 31.6 Å². The lowest BCUT2D eigenvalue weighted by atomic mass is 9.90. The second kappa shape index (κ2) is 17.5. The monoisotopic (exact) mass is 705 g/mol. The van der Waals surface area contributed by atoms with E-state index in [0.29, 0.717) is 5.69 Å². The number of rotatable bonds is 17. The molecular weight excluding hydrogens is 659 g/mol. The SMILES string of the molecule is COc1ccccc1CN(CCN(Cc1ccc(CNS(=O)(=O)Cc2ccccn2)cc1)C1CCCc2cccnc21)Cc1ccccc1OC. The first-order valence-electron chi connectivity index (χ1n) is 17.5. The van der Waals surface area contributed by atoms with Gasteiger partial charge in [0.2, 0.25) is 10.0 Å². The molecule has 0 fully saturated rings. The van der Waals surface area contributed by atoms with Gasteiger partial charge in [-0.15, -0.1) is 0 Å². The molecule has 1 atom stereocenters. The number of aryl methyl sites for hydroxylation is 1. The van der Waals surface area contributed by atoms with Crippen molar-refractivity contribution in [3.8, 4) is 11.5 Å². The molecule has 0 saturated carbocycles. The van der Waals surface area contributed by atoms with Gasteiger partial charge < -0.3 is 9.47 Å². The number of sulfonamides is 1. The van der Waals surface area contributed by atoms with Crippen LogP contribution in [0, 0.1) is 0 Å². The van der Waals surface area contributed by atoms with Crippen LogP contribution >= 0.6 is 0 Å². The second-order valence-electron chi connectivity index (χ2n) is 13.0. The minimum atomic E-state index is -3.52. The van der Waals surface area contributed by atoms with E-state index < -0.39 is 10.0 Å². The molecule has 0 bridgehead atoms. The van der Waals surface area contributed by atoms with Crippen molar-refractivity contribution in [1.82, 2.24) is 24.5 Å². The number of para-hydroxylation sites is 2. The number of hydrogen-bond acceptors (Lipinski definition) is 8. The fraction of sp³-hybridized carbons (Fsp3) is 0.317. The van der Waals surface area contributed by atoms with Crippen LogP contribution in [0.5, 0.6) is 11.5 Å². The minimum Gasteiger partial charge on any atom is -0.496 e. The molecule has 5 aromatic rings. The Morgan fingerprint density at radius 2 is 1.37 bits per heavy atom. The molecule has 10 heteroatoms. The van der Waals surface area contributed by atoms with Crippen LogP contribution in [0.25, 0.3) is 0 Å². The van der Waals surface area contributed by atoms with E-state index in [1.165, 1.54) is 16.8 Å². The Hall–Kier alpha value is -4.61. The Labute approximate surface area is 302 Å². The van der Waals surface area contributed by atoms with Crippen molar-refractivity contribution < 1.29 is 17.9 Å². The van der Waals surface area contributed by atoms with Crippen molar-refractivity contribution in [2.75, 3.05) is 27.3 Å². The molecule has 51 heavy (non-hydrogen) atoms. The summed E-state index contributed by atoms with van der Waals surface area (Å²) in [6, 6.07) is 34.4. The Morgan fingerprint density at radius 3 is 2.04 bits per heavy atom. The molecule has 1 unspecified atom stereocenters. The van der Waals surface area contributed by atoms with Gasteiger partial charge in [0.25, 0.3) is 0 Å². The molecule has 3 aromatic carbocycles. The van der Waals surface area contributed by atoms with Crippen LogP contribution in [0.1, 0.15) is 58.1 Å². The summed E-state index contributed by atoms with van der Waals surface area (Å²) < 4.78 is 39.6. The van der Waals surface area contributed by atoms with E-state index in [0.717, 1.165) is 80.2 Å². The first kappa shape index (κ1) is 36.2. The lowest BCUT2D eigenvalue weighted by Crippen LogP contribution is -2.38. The smallest absolute Gasteiger partial charge is 0.217 e. The van der Waals surface area contributed by atoms with E-state index in [2.05, 4.69) is 62.0 Å². The summed E-state index contributed by atoms with van der Waals surface area (Å²) in [5.41, 5.74) is 7.35. The van der Waals surface area contributed by atoms with Crippen LogP contribution in [-0.2, 0) is 48.4 Å². The topological polar surface area (TPSA) is 96.9 Å². The lowest BCUT2D eigenvalue weighted by molar-refractivity contribution is 0.131. The Bertz CT molecular complexity index is 1910. The van der Waals surface area contributed by atoms with Gasteiger partial charge in [0.1, 0.15) is 17.3 Å². The standard InChI is InChI=1S/C41H47N5O4S/c1-49-39-17-5-3-11-35(39)29-45(30-36-12-4-6-18-40(36)50-2)25-26-46(38-16-9-13-34-14-10-24-43-41(34)38)28-33-21-19-32(20-22-33)27-44-51(47,48)31-37-15-7-8-23-42-37/h3-8,10-12,14-15,17-24,38,44H,9,13,16,25-31H2,1-2H3. The summed E-state index contributed by atoms with van der Waals surface area (Å²) in [5.74, 6) is 1.61. The number of fused-ring (bicyclic) bond motifs is 1. The zero-order chi connectivity index (χ0) is 35.5. The summed E-state index contributed by atoms with van der Waals surface area (Å²) in [5, 5.41) is 0. The maximum atomic E-state index is 12.7. The van der Waals surface area contributed by atoms with Crippen LogP contribution in [0.15, 0.2) is 116 Å². The number of nitrogens with zero attached hydrogens (tertiary/aromatic N) is 4. The molecule has 2 heterocycles. The quantitative estimate of drug-likeness (QED) is 0.114. The Morgan fingerprint density at radius 1 is 0.725 bits per heavy atom. The van der Waals surface area contributed by atoms with Gasteiger partial charge in [-0.25, -0.2) is 13.1 Å². The van der Waals surface area contributed by atoms with Gasteiger partial charge >= 0.3 is 0 Å². The van der Waals surface area contributed by atoms with E-state index in [1.54, 1.807) is 38.6 Å². The largest absolute Gasteiger partial charge is 0.496 e. The average molecular weight is 706 g/mol. The zero-order valence-electron chi connectivity index (χ0n) is 29.4. The molecule has 1 N–H and O–H groups in total. The molecule has 6 rings (SSSR count). The third kappa shape index (κ3) is 10.0. The summed E-state index contributed by atoms with van der Waals surface area (Å²) in [6.07, 6.45) is 6.72. The van der Waals surface area contributed by atoms with Gasteiger partial charge in [0, 0.05) is 62.8 Å². The number of nitrogens with one attached hydrogen (secondary N) is 1. The van der Waals surface area contributed by atoms with Crippen LogP contribution in [0.2, 0.25) is 0 Å². The van der Waals surface area contributed by atoms with E-state index in [1.807, 2.05) is 48.7 Å². The summed E-state index contributed by atoms with van der Waals surface area (Å²) in [7, 11) is -0.0762. The third-order valence-corrected chi connectivity index (χ3v) is 10.7. The fourth-order valence-electron chi connectivity index (χ4n) is 6.84. The Balaban J connectivity index is 1.21. The van der Waals surface area contributed by atoms with E-state index in [9.17, 15) is 8.42 Å². The van der Waals surface area contributed by atoms with Crippen molar-refractivity contribution in [3.63, 3.8) is 0 Å². The summed E-state index contributed by atoms with van der Waals surface area (Å²) in [4.78, 5) is 14.1.